The molecular formula is C18H18N2O4. The molecule has 1 unspecified atom stereocenters. The van der Waals surface area contributed by atoms with Crippen molar-refractivity contribution in [3.63, 3.8) is 0 Å². The van der Waals surface area contributed by atoms with E-state index in [4.69, 9.17) is 14.2 Å². The number of hydrogen-bond donors (Lipinski definition) is 0. The van der Waals surface area contributed by atoms with Crippen LogP contribution in [-0.4, -0.2) is 41.8 Å². The summed E-state index contributed by atoms with van der Waals surface area (Å²) >= 11 is 0. The Morgan fingerprint density at radius 3 is 3.00 bits per heavy atom. The lowest BCUT2D eigenvalue weighted by molar-refractivity contribution is 0.0436. The quantitative estimate of drug-likeness (QED) is 0.862. The number of likely N-dealkylation sites (tertiary alicyclic amines) is 1. The highest BCUT2D eigenvalue weighted by molar-refractivity contribution is 5.98. The van der Waals surface area contributed by atoms with Crippen LogP contribution in [0, 0.1) is 0 Å². The molecule has 124 valence electrons. The maximum atomic E-state index is 12.8. The van der Waals surface area contributed by atoms with Crippen molar-refractivity contribution >= 4 is 5.91 Å². The molecule has 1 amide bonds. The van der Waals surface area contributed by atoms with E-state index in [1.165, 1.54) is 0 Å². The molecule has 0 N–H and O–H groups in total. The fraction of sp³-hybridized carbons (Fsp3) is 0.333. The minimum absolute atomic E-state index is 0.0349. The molecule has 1 atom stereocenters. The number of para-hydroxylation sites is 1. The summed E-state index contributed by atoms with van der Waals surface area (Å²) in [7, 11) is 0. The normalized spacial score (nSPS) is 18.8. The fourth-order valence-electron chi connectivity index (χ4n) is 3.01. The van der Waals surface area contributed by atoms with Crippen molar-refractivity contribution in [2.24, 2.45) is 0 Å². The second-order valence-electron chi connectivity index (χ2n) is 5.87. The van der Waals surface area contributed by atoms with Gasteiger partial charge in [0, 0.05) is 25.5 Å². The van der Waals surface area contributed by atoms with Crippen LogP contribution < -0.4 is 9.47 Å². The van der Waals surface area contributed by atoms with E-state index in [1.807, 2.05) is 29.2 Å². The molecule has 3 heterocycles. The SMILES string of the molecule is O=C(c1cccc2c1OCO2)N1CCC(OCc2ccncc2)C1. The van der Waals surface area contributed by atoms with Gasteiger partial charge in [0.2, 0.25) is 6.79 Å². The molecule has 2 aromatic rings. The maximum Gasteiger partial charge on any atom is 0.257 e. The first kappa shape index (κ1) is 15.0. The molecule has 4 rings (SSSR count). The highest BCUT2D eigenvalue weighted by Crippen LogP contribution is 2.36. The van der Waals surface area contributed by atoms with E-state index in [0.717, 1.165) is 12.0 Å². The number of aromatic nitrogens is 1. The van der Waals surface area contributed by atoms with Gasteiger partial charge in [-0.15, -0.1) is 0 Å². The van der Waals surface area contributed by atoms with Gasteiger partial charge in [0.1, 0.15) is 0 Å². The van der Waals surface area contributed by atoms with Crippen LogP contribution in [0.15, 0.2) is 42.7 Å². The number of carbonyl (C=O) groups is 1. The third-order valence-electron chi connectivity index (χ3n) is 4.29. The van der Waals surface area contributed by atoms with Crippen molar-refractivity contribution in [3.8, 4) is 11.5 Å². The molecule has 0 aliphatic carbocycles. The summed E-state index contributed by atoms with van der Waals surface area (Å²) in [5.41, 5.74) is 1.64. The number of ether oxygens (including phenoxy) is 3. The van der Waals surface area contributed by atoms with Crippen molar-refractivity contribution in [2.75, 3.05) is 19.9 Å². The third-order valence-corrected chi connectivity index (χ3v) is 4.29. The Kier molecular flexibility index (Phi) is 4.04. The van der Waals surface area contributed by atoms with E-state index in [0.29, 0.717) is 36.8 Å². The first-order chi connectivity index (χ1) is 11.8. The van der Waals surface area contributed by atoms with Gasteiger partial charge in [-0.3, -0.25) is 9.78 Å². The Morgan fingerprint density at radius 2 is 2.12 bits per heavy atom. The van der Waals surface area contributed by atoms with Gasteiger partial charge in [-0.25, -0.2) is 0 Å². The van der Waals surface area contributed by atoms with Crippen molar-refractivity contribution in [1.82, 2.24) is 9.88 Å². The van der Waals surface area contributed by atoms with E-state index >= 15 is 0 Å². The van der Waals surface area contributed by atoms with Gasteiger partial charge >= 0.3 is 0 Å². The molecule has 2 aliphatic heterocycles. The molecule has 6 nitrogen and oxygen atoms in total. The lowest BCUT2D eigenvalue weighted by Gasteiger charge is -2.17. The second-order valence-corrected chi connectivity index (χ2v) is 5.87. The zero-order valence-corrected chi connectivity index (χ0v) is 13.2. The van der Waals surface area contributed by atoms with Gasteiger partial charge in [-0.1, -0.05) is 6.07 Å². The lowest BCUT2D eigenvalue weighted by atomic mass is 10.1. The molecule has 1 saturated heterocycles. The molecular weight excluding hydrogens is 308 g/mol. The highest BCUT2D eigenvalue weighted by Gasteiger charge is 2.31. The number of benzene rings is 1. The van der Waals surface area contributed by atoms with Crippen molar-refractivity contribution < 1.29 is 19.0 Å². The largest absolute Gasteiger partial charge is 0.454 e. The van der Waals surface area contributed by atoms with Crippen LogP contribution >= 0.6 is 0 Å². The Morgan fingerprint density at radius 1 is 1.25 bits per heavy atom. The fourth-order valence-corrected chi connectivity index (χ4v) is 3.01. The van der Waals surface area contributed by atoms with Crippen molar-refractivity contribution in [2.45, 2.75) is 19.1 Å². The zero-order chi connectivity index (χ0) is 16.4. The Balaban J connectivity index is 1.38. The molecule has 6 heteroatoms. The lowest BCUT2D eigenvalue weighted by Crippen LogP contribution is -2.30. The van der Waals surface area contributed by atoms with Gasteiger partial charge in [-0.2, -0.15) is 0 Å². The number of rotatable bonds is 4. The standard InChI is InChI=1S/C18H18N2O4/c21-18(15-2-1-3-16-17(15)24-12-23-16)20-9-6-14(10-20)22-11-13-4-7-19-8-5-13/h1-5,7-8,14H,6,9-12H2. The van der Waals surface area contributed by atoms with Crippen LogP contribution in [0.1, 0.15) is 22.3 Å². The molecule has 24 heavy (non-hydrogen) atoms. The predicted molar refractivity (Wildman–Crippen MR) is 85.9 cm³/mol. The van der Waals surface area contributed by atoms with Crippen LogP contribution in [0.4, 0.5) is 0 Å². The summed E-state index contributed by atoms with van der Waals surface area (Å²) in [6.07, 6.45) is 4.39. The van der Waals surface area contributed by atoms with Gasteiger partial charge in [0.25, 0.3) is 5.91 Å². The molecule has 2 aliphatic rings. The first-order valence-corrected chi connectivity index (χ1v) is 7.99. The smallest absolute Gasteiger partial charge is 0.257 e. The summed E-state index contributed by atoms with van der Waals surface area (Å²) in [5, 5.41) is 0. The van der Waals surface area contributed by atoms with Gasteiger partial charge in [-0.05, 0) is 36.2 Å². The summed E-state index contributed by atoms with van der Waals surface area (Å²) in [6, 6.07) is 9.27. The molecule has 0 bridgehead atoms. The molecule has 0 saturated carbocycles. The minimum Gasteiger partial charge on any atom is -0.454 e. The van der Waals surface area contributed by atoms with E-state index < -0.39 is 0 Å². The highest BCUT2D eigenvalue weighted by atomic mass is 16.7. The van der Waals surface area contributed by atoms with Gasteiger partial charge in [0.15, 0.2) is 11.5 Å². The number of amides is 1. The zero-order valence-electron chi connectivity index (χ0n) is 13.2. The number of fused-ring (bicyclic) bond motifs is 1. The maximum absolute atomic E-state index is 12.8. The second kappa shape index (κ2) is 6.49. The average Bonchev–Trinajstić information content (AvgIpc) is 3.29. The summed E-state index contributed by atoms with van der Waals surface area (Å²) in [4.78, 5) is 18.6. The van der Waals surface area contributed by atoms with Gasteiger partial charge in [0.05, 0.1) is 18.3 Å². The third kappa shape index (κ3) is 2.92. The number of pyridine rings is 1. The summed E-state index contributed by atoms with van der Waals surface area (Å²) in [6.45, 7) is 1.98. The van der Waals surface area contributed by atoms with E-state index in [9.17, 15) is 4.79 Å². The predicted octanol–water partition coefficient (Wildman–Crippen LogP) is 2.24. The number of carbonyl (C=O) groups excluding carboxylic acids is 1. The Hall–Kier alpha value is -2.60. The number of hydrogen-bond acceptors (Lipinski definition) is 5. The minimum atomic E-state index is -0.0349. The molecule has 1 fully saturated rings. The summed E-state index contributed by atoms with van der Waals surface area (Å²) < 4.78 is 16.7. The molecule has 1 aromatic heterocycles. The van der Waals surface area contributed by atoms with E-state index in [1.54, 1.807) is 18.5 Å². The van der Waals surface area contributed by atoms with Crippen molar-refractivity contribution in [1.29, 1.82) is 0 Å². The van der Waals surface area contributed by atoms with Gasteiger partial charge < -0.3 is 19.1 Å². The van der Waals surface area contributed by atoms with Crippen LogP contribution in [-0.2, 0) is 11.3 Å². The van der Waals surface area contributed by atoms with E-state index in [2.05, 4.69) is 4.98 Å². The average molecular weight is 326 g/mol. The first-order valence-electron chi connectivity index (χ1n) is 7.99. The monoisotopic (exact) mass is 326 g/mol. The number of nitrogens with zero attached hydrogens (tertiary/aromatic N) is 2. The summed E-state index contributed by atoms with van der Waals surface area (Å²) in [5.74, 6) is 1.14. The molecule has 0 spiro atoms. The van der Waals surface area contributed by atoms with Crippen LogP contribution in [0.2, 0.25) is 0 Å². The van der Waals surface area contributed by atoms with Crippen LogP contribution in [0.3, 0.4) is 0 Å². The van der Waals surface area contributed by atoms with Crippen LogP contribution in [0.5, 0.6) is 11.5 Å². The molecule has 0 radical (unpaired) electrons. The Bertz CT molecular complexity index is 735. The molecule has 1 aromatic carbocycles. The topological polar surface area (TPSA) is 60.9 Å². The van der Waals surface area contributed by atoms with Crippen LogP contribution in [0.25, 0.3) is 0 Å². The Labute approximate surface area is 140 Å². The van der Waals surface area contributed by atoms with E-state index in [-0.39, 0.29) is 18.8 Å². The van der Waals surface area contributed by atoms with Crippen molar-refractivity contribution in [3.05, 3.63) is 53.9 Å².